The van der Waals surface area contributed by atoms with Crippen molar-refractivity contribution in [3.8, 4) is 0 Å². The van der Waals surface area contributed by atoms with Crippen molar-refractivity contribution in [1.29, 1.82) is 0 Å². The monoisotopic (exact) mass is 505 g/mol. The van der Waals surface area contributed by atoms with Crippen LogP contribution in [0.1, 0.15) is 50.3 Å². The van der Waals surface area contributed by atoms with E-state index >= 15 is 0 Å². The minimum Gasteiger partial charge on any atom is -0.415 e. The van der Waals surface area contributed by atoms with Crippen LogP contribution in [0.3, 0.4) is 0 Å². The highest BCUT2D eigenvalue weighted by atomic mass is 35.5. The van der Waals surface area contributed by atoms with Gasteiger partial charge < -0.3 is 8.99 Å². The summed E-state index contributed by atoms with van der Waals surface area (Å²) >= 11 is 12.1. The van der Waals surface area contributed by atoms with E-state index in [-0.39, 0.29) is 27.1 Å². The predicted molar refractivity (Wildman–Crippen MR) is 135 cm³/mol. The Labute approximate surface area is 205 Å². The van der Waals surface area contributed by atoms with Crippen molar-refractivity contribution < 1.29 is 9.22 Å². The van der Waals surface area contributed by atoms with Crippen LogP contribution in [0.2, 0.25) is 28.4 Å². The molecular weight excluding hydrogens is 477 g/mol. The third kappa shape index (κ3) is 5.09. The van der Waals surface area contributed by atoms with E-state index < -0.39 is 8.32 Å². The maximum Gasteiger partial charge on any atom is 0.297 e. The molecule has 0 spiro atoms. The summed E-state index contributed by atoms with van der Waals surface area (Å²) in [5.41, 5.74) is 0.864. The molecule has 3 aromatic rings. The van der Waals surface area contributed by atoms with Crippen LogP contribution < -0.4 is 4.90 Å². The van der Waals surface area contributed by atoms with E-state index in [1.165, 1.54) is 6.07 Å². The summed E-state index contributed by atoms with van der Waals surface area (Å²) in [6.45, 7) is 11.7. The van der Waals surface area contributed by atoms with Gasteiger partial charge in [0.1, 0.15) is 21.8 Å². The number of anilines is 1. The second kappa shape index (κ2) is 8.98. The van der Waals surface area contributed by atoms with Gasteiger partial charge in [-0.1, -0.05) is 44.0 Å². The Morgan fingerprint density at radius 2 is 1.88 bits per heavy atom. The SMILES string of the molecule is CC(C)(C)[Si](C)(C)OCCN(C(=O)c1nc(Cl)cc(Cl)n1)c1cc2cccnc2n1C1CC1. The normalized spacial score (nSPS) is 14.6. The zero-order valence-corrected chi connectivity index (χ0v) is 22.1. The Balaban J connectivity index is 1.73. The first-order valence-electron chi connectivity index (χ1n) is 11.1. The van der Waals surface area contributed by atoms with E-state index in [0.717, 1.165) is 29.7 Å². The molecule has 33 heavy (non-hydrogen) atoms. The van der Waals surface area contributed by atoms with Crippen molar-refractivity contribution in [2.45, 2.75) is 57.8 Å². The van der Waals surface area contributed by atoms with Gasteiger partial charge in [-0.2, -0.15) is 0 Å². The van der Waals surface area contributed by atoms with Gasteiger partial charge in [-0.15, -0.1) is 0 Å². The molecule has 10 heteroatoms. The molecule has 3 aromatic heterocycles. The molecule has 0 atom stereocenters. The molecule has 7 nitrogen and oxygen atoms in total. The molecule has 0 aromatic carbocycles. The van der Waals surface area contributed by atoms with Crippen LogP contribution in [0.4, 0.5) is 5.82 Å². The fourth-order valence-corrected chi connectivity index (χ4v) is 4.93. The second-order valence-corrected chi connectivity index (χ2v) is 15.5. The smallest absolute Gasteiger partial charge is 0.297 e. The zero-order chi connectivity index (χ0) is 24.0. The lowest BCUT2D eigenvalue weighted by Crippen LogP contribution is -2.44. The zero-order valence-electron chi connectivity index (χ0n) is 19.6. The maximum atomic E-state index is 13.7. The first-order chi connectivity index (χ1) is 15.5. The Kier molecular flexibility index (Phi) is 6.57. The van der Waals surface area contributed by atoms with Crippen LogP contribution in [0.15, 0.2) is 30.5 Å². The van der Waals surface area contributed by atoms with E-state index in [2.05, 4.69) is 53.4 Å². The molecule has 0 aliphatic heterocycles. The van der Waals surface area contributed by atoms with E-state index in [1.54, 1.807) is 11.1 Å². The van der Waals surface area contributed by atoms with Gasteiger partial charge in [0, 0.05) is 30.2 Å². The highest BCUT2D eigenvalue weighted by Crippen LogP contribution is 2.42. The molecule has 0 unspecified atom stereocenters. The molecule has 4 rings (SSSR count). The number of pyridine rings is 1. The second-order valence-electron chi connectivity index (χ2n) is 9.92. The topological polar surface area (TPSA) is 73.1 Å². The first kappa shape index (κ1) is 24.1. The number of amides is 1. The summed E-state index contributed by atoms with van der Waals surface area (Å²) in [5, 5.41) is 1.30. The van der Waals surface area contributed by atoms with Gasteiger partial charge in [-0.25, -0.2) is 15.0 Å². The van der Waals surface area contributed by atoms with Crippen molar-refractivity contribution >= 4 is 54.3 Å². The number of hydrogen-bond donors (Lipinski definition) is 0. The molecule has 0 N–H and O–H groups in total. The van der Waals surface area contributed by atoms with Crippen molar-refractivity contribution in [1.82, 2.24) is 19.5 Å². The van der Waals surface area contributed by atoms with E-state index in [4.69, 9.17) is 27.6 Å². The van der Waals surface area contributed by atoms with Gasteiger partial charge in [0.25, 0.3) is 5.91 Å². The van der Waals surface area contributed by atoms with Crippen LogP contribution in [0.25, 0.3) is 11.0 Å². The van der Waals surface area contributed by atoms with E-state index in [0.29, 0.717) is 19.2 Å². The average Bonchev–Trinajstić information content (AvgIpc) is 3.49. The lowest BCUT2D eigenvalue weighted by atomic mass is 10.2. The molecule has 1 aliphatic rings. The van der Waals surface area contributed by atoms with Gasteiger partial charge in [-0.3, -0.25) is 9.69 Å². The Morgan fingerprint density at radius 1 is 1.21 bits per heavy atom. The van der Waals surface area contributed by atoms with Crippen molar-refractivity contribution in [3.05, 3.63) is 46.6 Å². The highest BCUT2D eigenvalue weighted by Gasteiger charge is 2.38. The maximum absolute atomic E-state index is 13.7. The minimum absolute atomic E-state index is 0.0413. The molecular formula is C23H29Cl2N5O2Si. The van der Waals surface area contributed by atoms with E-state index in [9.17, 15) is 4.79 Å². The lowest BCUT2D eigenvalue weighted by Gasteiger charge is -2.36. The number of rotatable bonds is 7. The van der Waals surface area contributed by atoms with Crippen molar-refractivity contribution in [2.75, 3.05) is 18.1 Å². The van der Waals surface area contributed by atoms with Gasteiger partial charge in [0.2, 0.25) is 5.82 Å². The number of halogens is 2. The Hall–Kier alpha value is -2.00. The molecule has 3 heterocycles. The number of fused-ring (bicyclic) bond motifs is 1. The van der Waals surface area contributed by atoms with Gasteiger partial charge in [-0.05, 0) is 49.2 Å². The van der Waals surface area contributed by atoms with Crippen molar-refractivity contribution in [3.63, 3.8) is 0 Å². The van der Waals surface area contributed by atoms with Crippen LogP contribution in [0.5, 0.6) is 0 Å². The van der Waals surface area contributed by atoms with Gasteiger partial charge >= 0.3 is 0 Å². The number of carbonyl (C=O) groups excluding carboxylic acids is 1. The molecule has 176 valence electrons. The van der Waals surface area contributed by atoms with Gasteiger partial charge in [0.05, 0.1) is 6.61 Å². The standard InChI is InChI=1S/C23H29Cl2N5O2Si/c1-23(2,3)33(4,5)32-12-11-29(22(31)20-27-17(24)14-18(25)28-20)19-13-15-7-6-10-26-21(15)30(19)16-8-9-16/h6-7,10,13-14,16H,8-9,11-12H2,1-5H3. The molecule has 1 fully saturated rings. The fourth-order valence-electron chi connectivity index (χ4n) is 3.48. The van der Waals surface area contributed by atoms with Crippen LogP contribution in [-0.4, -0.2) is 46.9 Å². The lowest BCUT2D eigenvalue weighted by molar-refractivity contribution is 0.0970. The van der Waals surface area contributed by atoms with Crippen molar-refractivity contribution in [2.24, 2.45) is 0 Å². The summed E-state index contributed by atoms with van der Waals surface area (Å²) in [6, 6.07) is 7.63. The molecule has 0 radical (unpaired) electrons. The third-order valence-electron chi connectivity index (χ3n) is 6.45. The first-order valence-corrected chi connectivity index (χ1v) is 14.8. The molecule has 1 amide bonds. The highest BCUT2D eigenvalue weighted by molar-refractivity contribution is 6.74. The third-order valence-corrected chi connectivity index (χ3v) is 11.4. The number of carbonyl (C=O) groups is 1. The Morgan fingerprint density at radius 3 is 2.48 bits per heavy atom. The molecule has 0 bridgehead atoms. The largest absolute Gasteiger partial charge is 0.415 e. The van der Waals surface area contributed by atoms with Gasteiger partial charge in [0.15, 0.2) is 8.32 Å². The summed E-state index contributed by atoms with van der Waals surface area (Å²) in [6.07, 6.45) is 3.88. The Bertz CT molecular complexity index is 1170. The molecule has 0 saturated heterocycles. The number of nitrogens with zero attached hydrogens (tertiary/aromatic N) is 5. The summed E-state index contributed by atoms with van der Waals surface area (Å²) in [5.74, 6) is 0.345. The summed E-state index contributed by atoms with van der Waals surface area (Å²) in [7, 11) is -1.99. The molecule has 1 saturated carbocycles. The minimum atomic E-state index is -1.99. The number of hydrogen-bond acceptors (Lipinski definition) is 5. The average molecular weight is 507 g/mol. The van der Waals surface area contributed by atoms with Crippen LogP contribution in [-0.2, 0) is 4.43 Å². The summed E-state index contributed by atoms with van der Waals surface area (Å²) < 4.78 is 8.54. The fraction of sp³-hybridized carbons (Fsp3) is 0.478. The van der Waals surface area contributed by atoms with E-state index in [1.807, 2.05) is 18.2 Å². The van der Waals surface area contributed by atoms with Crippen LogP contribution >= 0.6 is 23.2 Å². The summed E-state index contributed by atoms with van der Waals surface area (Å²) in [4.78, 5) is 28.2. The molecule has 1 aliphatic carbocycles. The number of aromatic nitrogens is 4. The van der Waals surface area contributed by atoms with Crippen LogP contribution in [0, 0.1) is 0 Å². The predicted octanol–water partition coefficient (Wildman–Crippen LogP) is 6.14. The quantitative estimate of drug-likeness (QED) is 0.284.